The van der Waals surface area contributed by atoms with Gasteiger partial charge in [-0.3, -0.25) is 0 Å². The number of nitrogens with two attached hydrogens (primary N) is 1. The average molecular weight is 202 g/mol. The largest absolute Gasteiger partial charge is 0.441 e. The Morgan fingerprint density at radius 3 is 2.53 bits per heavy atom. The van der Waals surface area contributed by atoms with Gasteiger partial charge in [0, 0.05) is 5.69 Å². The van der Waals surface area contributed by atoms with Crippen LogP contribution in [-0.4, -0.2) is 4.98 Å². The monoisotopic (exact) mass is 202 g/mol. The van der Waals surface area contributed by atoms with E-state index < -0.39 is 0 Å². The minimum atomic E-state index is 0.603. The summed E-state index contributed by atoms with van der Waals surface area (Å²) in [6.07, 6.45) is 0. The van der Waals surface area contributed by atoms with Gasteiger partial charge >= 0.3 is 0 Å². The van der Waals surface area contributed by atoms with Crippen molar-refractivity contribution < 1.29 is 4.42 Å². The molecule has 0 bridgehead atoms. The molecule has 3 heteroatoms. The molecule has 1 heterocycles. The second kappa shape index (κ2) is 3.42. The van der Waals surface area contributed by atoms with E-state index in [1.165, 1.54) is 0 Å². The summed E-state index contributed by atoms with van der Waals surface area (Å²) in [5.41, 5.74) is 9.53. The Morgan fingerprint density at radius 1 is 1.20 bits per heavy atom. The summed E-state index contributed by atoms with van der Waals surface area (Å²) in [6, 6.07) is 5.85. The van der Waals surface area contributed by atoms with Gasteiger partial charge < -0.3 is 10.2 Å². The van der Waals surface area contributed by atoms with Crippen molar-refractivity contribution in [2.75, 3.05) is 5.73 Å². The quantitative estimate of drug-likeness (QED) is 0.723. The first kappa shape index (κ1) is 9.77. The van der Waals surface area contributed by atoms with Crippen LogP contribution in [0.4, 0.5) is 5.69 Å². The SMILES string of the molecule is Cc1cccc(-c2nc(C)c(C)o2)c1N. The lowest BCUT2D eigenvalue weighted by Crippen LogP contribution is -1.93. The lowest BCUT2D eigenvalue weighted by Gasteiger charge is -2.03. The predicted molar refractivity (Wildman–Crippen MR) is 60.6 cm³/mol. The van der Waals surface area contributed by atoms with Gasteiger partial charge in [-0.15, -0.1) is 0 Å². The zero-order chi connectivity index (χ0) is 11.0. The maximum absolute atomic E-state index is 5.97. The number of nitrogens with zero attached hydrogens (tertiary/aromatic N) is 1. The minimum absolute atomic E-state index is 0.603. The highest BCUT2D eigenvalue weighted by atomic mass is 16.4. The van der Waals surface area contributed by atoms with E-state index >= 15 is 0 Å². The number of para-hydroxylation sites is 1. The van der Waals surface area contributed by atoms with Crippen LogP contribution >= 0.6 is 0 Å². The Kier molecular flexibility index (Phi) is 2.23. The van der Waals surface area contributed by atoms with Gasteiger partial charge in [0.1, 0.15) is 5.76 Å². The van der Waals surface area contributed by atoms with Gasteiger partial charge in [0.25, 0.3) is 0 Å². The van der Waals surface area contributed by atoms with Crippen molar-refractivity contribution in [3.8, 4) is 11.5 Å². The van der Waals surface area contributed by atoms with Crippen LogP contribution in [0.2, 0.25) is 0 Å². The Hall–Kier alpha value is -1.77. The number of rotatable bonds is 1. The summed E-state index contributed by atoms with van der Waals surface area (Å²) >= 11 is 0. The molecule has 0 radical (unpaired) electrons. The van der Waals surface area contributed by atoms with Crippen LogP contribution in [0.15, 0.2) is 22.6 Å². The van der Waals surface area contributed by atoms with Crippen LogP contribution in [0.1, 0.15) is 17.0 Å². The zero-order valence-corrected chi connectivity index (χ0v) is 9.16. The molecule has 0 aliphatic rings. The highest BCUT2D eigenvalue weighted by Crippen LogP contribution is 2.28. The fourth-order valence-electron chi connectivity index (χ4n) is 1.46. The van der Waals surface area contributed by atoms with Crippen molar-refractivity contribution in [2.24, 2.45) is 0 Å². The van der Waals surface area contributed by atoms with Crippen molar-refractivity contribution >= 4 is 5.69 Å². The molecule has 2 rings (SSSR count). The third kappa shape index (κ3) is 1.61. The van der Waals surface area contributed by atoms with E-state index in [4.69, 9.17) is 10.2 Å². The maximum atomic E-state index is 5.97. The second-order valence-electron chi connectivity index (χ2n) is 3.70. The van der Waals surface area contributed by atoms with Crippen molar-refractivity contribution in [1.29, 1.82) is 0 Å². The zero-order valence-electron chi connectivity index (χ0n) is 9.16. The fourth-order valence-corrected chi connectivity index (χ4v) is 1.46. The van der Waals surface area contributed by atoms with Crippen molar-refractivity contribution in [1.82, 2.24) is 4.98 Å². The number of anilines is 1. The molecule has 3 nitrogen and oxygen atoms in total. The van der Waals surface area contributed by atoms with Crippen LogP contribution in [0.5, 0.6) is 0 Å². The van der Waals surface area contributed by atoms with E-state index in [9.17, 15) is 0 Å². The number of benzene rings is 1. The minimum Gasteiger partial charge on any atom is -0.441 e. The molecule has 0 spiro atoms. The topological polar surface area (TPSA) is 52.0 Å². The maximum Gasteiger partial charge on any atom is 0.228 e. The smallest absolute Gasteiger partial charge is 0.228 e. The van der Waals surface area contributed by atoms with Gasteiger partial charge in [-0.25, -0.2) is 4.98 Å². The van der Waals surface area contributed by atoms with Crippen LogP contribution in [-0.2, 0) is 0 Å². The third-order valence-corrected chi connectivity index (χ3v) is 2.58. The predicted octanol–water partition coefficient (Wildman–Crippen LogP) is 2.85. The van der Waals surface area contributed by atoms with E-state index in [0.717, 1.165) is 28.3 Å². The van der Waals surface area contributed by atoms with Crippen molar-refractivity contribution in [2.45, 2.75) is 20.8 Å². The summed E-state index contributed by atoms with van der Waals surface area (Å²) in [7, 11) is 0. The molecule has 0 unspecified atom stereocenters. The van der Waals surface area contributed by atoms with Gasteiger partial charge in [-0.2, -0.15) is 0 Å². The molecule has 0 saturated heterocycles. The molecule has 0 aliphatic carbocycles. The molecular formula is C12H14N2O. The molecule has 1 aromatic carbocycles. The van der Waals surface area contributed by atoms with Crippen molar-refractivity contribution in [3.05, 3.63) is 35.2 Å². The number of nitrogen functional groups attached to an aromatic ring is 1. The normalized spacial score (nSPS) is 10.6. The van der Waals surface area contributed by atoms with Gasteiger partial charge in [0.15, 0.2) is 0 Å². The van der Waals surface area contributed by atoms with E-state index in [1.807, 2.05) is 39.0 Å². The first-order valence-electron chi connectivity index (χ1n) is 4.89. The van der Waals surface area contributed by atoms with Gasteiger partial charge in [-0.05, 0) is 32.4 Å². The summed E-state index contributed by atoms with van der Waals surface area (Å²) in [5.74, 6) is 1.44. The highest BCUT2D eigenvalue weighted by Gasteiger charge is 2.11. The molecule has 0 saturated carbocycles. The van der Waals surface area contributed by atoms with E-state index in [0.29, 0.717) is 5.89 Å². The van der Waals surface area contributed by atoms with E-state index in [2.05, 4.69) is 4.98 Å². The average Bonchev–Trinajstić information content (AvgIpc) is 2.51. The van der Waals surface area contributed by atoms with Gasteiger partial charge in [-0.1, -0.05) is 12.1 Å². The van der Waals surface area contributed by atoms with Crippen LogP contribution in [0.25, 0.3) is 11.5 Å². The van der Waals surface area contributed by atoms with Gasteiger partial charge in [0.05, 0.1) is 11.3 Å². The molecule has 0 atom stereocenters. The molecular weight excluding hydrogens is 188 g/mol. The van der Waals surface area contributed by atoms with Crippen LogP contribution in [0.3, 0.4) is 0 Å². The van der Waals surface area contributed by atoms with Gasteiger partial charge in [0.2, 0.25) is 5.89 Å². The standard InChI is InChI=1S/C12H14N2O/c1-7-5-4-6-10(11(7)13)12-14-8(2)9(3)15-12/h4-6H,13H2,1-3H3. The molecule has 2 aromatic rings. The summed E-state index contributed by atoms with van der Waals surface area (Å²) in [6.45, 7) is 5.80. The highest BCUT2D eigenvalue weighted by molar-refractivity contribution is 5.73. The summed E-state index contributed by atoms with van der Waals surface area (Å²) < 4.78 is 5.55. The number of hydrogen-bond acceptors (Lipinski definition) is 3. The number of aromatic nitrogens is 1. The summed E-state index contributed by atoms with van der Waals surface area (Å²) in [5, 5.41) is 0. The third-order valence-electron chi connectivity index (χ3n) is 2.58. The first-order valence-corrected chi connectivity index (χ1v) is 4.89. The van der Waals surface area contributed by atoms with Crippen molar-refractivity contribution in [3.63, 3.8) is 0 Å². The molecule has 78 valence electrons. The lowest BCUT2D eigenvalue weighted by molar-refractivity contribution is 0.541. The number of aryl methyl sites for hydroxylation is 3. The first-order chi connectivity index (χ1) is 7.09. The second-order valence-corrected chi connectivity index (χ2v) is 3.70. The molecule has 2 N–H and O–H groups in total. The lowest BCUT2D eigenvalue weighted by atomic mass is 10.1. The molecule has 0 aliphatic heterocycles. The molecule has 15 heavy (non-hydrogen) atoms. The summed E-state index contributed by atoms with van der Waals surface area (Å²) in [4.78, 5) is 4.34. The molecule has 1 aromatic heterocycles. The fraction of sp³-hybridized carbons (Fsp3) is 0.250. The van der Waals surface area contributed by atoms with E-state index in [1.54, 1.807) is 0 Å². The molecule has 0 fully saturated rings. The number of oxazole rings is 1. The Labute approximate surface area is 88.9 Å². The van der Waals surface area contributed by atoms with E-state index in [-0.39, 0.29) is 0 Å². The number of hydrogen-bond donors (Lipinski definition) is 1. The Balaban J connectivity index is 2.59. The Morgan fingerprint density at radius 2 is 1.93 bits per heavy atom. The van der Waals surface area contributed by atoms with Crippen LogP contribution < -0.4 is 5.73 Å². The van der Waals surface area contributed by atoms with Crippen LogP contribution in [0, 0.1) is 20.8 Å². The Bertz CT molecular complexity index is 481. The molecule has 0 amide bonds.